The SMILES string of the molecule is CNC1COCC1c1nnc2cccnn12. The fraction of sp³-hybridized carbons (Fsp3) is 0.500. The summed E-state index contributed by atoms with van der Waals surface area (Å²) in [5, 5.41) is 15.8. The van der Waals surface area contributed by atoms with Crippen molar-refractivity contribution in [2.45, 2.75) is 12.0 Å². The van der Waals surface area contributed by atoms with Gasteiger partial charge in [0.2, 0.25) is 0 Å². The van der Waals surface area contributed by atoms with Gasteiger partial charge in [-0.15, -0.1) is 10.2 Å². The second kappa shape index (κ2) is 3.80. The third-order valence-corrected chi connectivity index (χ3v) is 2.99. The van der Waals surface area contributed by atoms with E-state index in [1.165, 1.54) is 0 Å². The molecule has 0 aliphatic carbocycles. The number of fused-ring (bicyclic) bond motifs is 1. The van der Waals surface area contributed by atoms with E-state index in [0.29, 0.717) is 13.2 Å². The van der Waals surface area contributed by atoms with Crippen molar-refractivity contribution < 1.29 is 4.74 Å². The zero-order chi connectivity index (χ0) is 11.0. The van der Waals surface area contributed by atoms with E-state index >= 15 is 0 Å². The average molecular weight is 219 g/mol. The molecule has 0 radical (unpaired) electrons. The highest BCUT2D eigenvalue weighted by molar-refractivity contribution is 5.35. The van der Waals surface area contributed by atoms with Crippen molar-refractivity contribution in [2.75, 3.05) is 20.3 Å². The van der Waals surface area contributed by atoms with Crippen molar-refractivity contribution in [3.05, 3.63) is 24.2 Å². The summed E-state index contributed by atoms with van der Waals surface area (Å²) in [5.74, 6) is 1.09. The molecule has 0 spiro atoms. The summed E-state index contributed by atoms with van der Waals surface area (Å²) in [4.78, 5) is 0. The number of aromatic nitrogens is 4. The molecule has 2 aromatic heterocycles. The summed E-state index contributed by atoms with van der Waals surface area (Å²) in [6.07, 6.45) is 1.74. The molecule has 2 atom stereocenters. The van der Waals surface area contributed by atoms with Gasteiger partial charge in [0.15, 0.2) is 11.5 Å². The predicted molar refractivity (Wildman–Crippen MR) is 57.2 cm³/mol. The van der Waals surface area contributed by atoms with Crippen molar-refractivity contribution >= 4 is 5.65 Å². The molecule has 0 saturated carbocycles. The van der Waals surface area contributed by atoms with Crippen LogP contribution in [0.2, 0.25) is 0 Å². The van der Waals surface area contributed by atoms with Crippen molar-refractivity contribution in [3.63, 3.8) is 0 Å². The molecule has 6 nitrogen and oxygen atoms in total. The van der Waals surface area contributed by atoms with Crippen LogP contribution in [-0.4, -0.2) is 46.1 Å². The first-order chi connectivity index (χ1) is 7.90. The van der Waals surface area contributed by atoms with Crippen LogP contribution in [0.3, 0.4) is 0 Å². The quantitative estimate of drug-likeness (QED) is 0.759. The molecule has 84 valence electrons. The third-order valence-electron chi connectivity index (χ3n) is 2.99. The zero-order valence-electron chi connectivity index (χ0n) is 9.00. The van der Waals surface area contributed by atoms with E-state index in [1.54, 1.807) is 10.7 Å². The maximum absolute atomic E-state index is 5.46. The Morgan fingerprint density at radius 1 is 1.44 bits per heavy atom. The van der Waals surface area contributed by atoms with Crippen LogP contribution in [-0.2, 0) is 4.74 Å². The van der Waals surface area contributed by atoms with E-state index in [2.05, 4.69) is 20.6 Å². The summed E-state index contributed by atoms with van der Waals surface area (Å²) < 4.78 is 7.24. The number of ether oxygens (including phenoxy) is 1. The smallest absolute Gasteiger partial charge is 0.177 e. The van der Waals surface area contributed by atoms with Gasteiger partial charge in [-0.1, -0.05) is 0 Å². The van der Waals surface area contributed by atoms with E-state index in [9.17, 15) is 0 Å². The van der Waals surface area contributed by atoms with E-state index < -0.39 is 0 Å². The number of nitrogens with one attached hydrogen (secondary N) is 1. The first-order valence-corrected chi connectivity index (χ1v) is 5.31. The summed E-state index contributed by atoms with van der Waals surface area (Å²) in [7, 11) is 1.93. The van der Waals surface area contributed by atoms with E-state index in [0.717, 1.165) is 11.5 Å². The van der Waals surface area contributed by atoms with Gasteiger partial charge in [-0.2, -0.15) is 9.61 Å². The molecule has 1 aliphatic heterocycles. The maximum atomic E-state index is 5.46. The summed E-state index contributed by atoms with van der Waals surface area (Å²) >= 11 is 0. The summed E-state index contributed by atoms with van der Waals surface area (Å²) in [6.45, 7) is 1.38. The molecule has 1 saturated heterocycles. The summed E-state index contributed by atoms with van der Waals surface area (Å²) in [6, 6.07) is 4.04. The van der Waals surface area contributed by atoms with Crippen molar-refractivity contribution in [1.82, 2.24) is 25.1 Å². The lowest BCUT2D eigenvalue weighted by atomic mass is 10.0. The Morgan fingerprint density at radius 2 is 2.38 bits per heavy atom. The highest BCUT2D eigenvalue weighted by atomic mass is 16.5. The number of nitrogens with zero attached hydrogens (tertiary/aromatic N) is 4. The number of hydrogen-bond donors (Lipinski definition) is 1. The number of rotatable bonds is 2. The van der Waals surface area contributed by atoms with Gasteiger partial charge in [-0.3, -0.25) is 0 Å². The Kier molecular flexibility index (Phi) is 2.30. The largest absolute Gasteiger partial charge is 0.379 e. The molecular weight excluding hydrogens is 206 g/mol. The van der Waals surface area contributed by atoms with Crippen molar-refractivity contribution in [2.24, 2.45) is 0 Å². The molecule has 3 heterocycles. The van der Waals surface area contributed by atoms with Crippen LogP contribution in [0.25, 0.3) is 5.65 Å². The second-order valence-electron chi connectivity index (χ2n) is 3.89. The van der Waals surface area contributed by atoms with E-state index in [1.807, 2.05) is 19.2 Å². The van der Waals surface area contributed by atoms with Gasteiger partial charge in [0.05, 0.1) is 19.1 Å². The van der Waals surface area contributed by atoms with Crippen LogP contribution < -0.4 is 5.32 Å². The Bertz CT molecular complexity index is 497. The van der Waals surface area contributed by atoms with Crippen LogP contribution >= 0.6 is 0 Å². The topological polar surface area (TPSA) is 64.3 Å². The molecule has 2 unspecified atom stereocenters. The number of likely N-dealkylation sites (N-methyl/N-ethyl adjacent to an activating group) is 1. The maximum Gasteiger partial charge on any atom is 0.177 e. The molecule has 1 N–H and O–H groups in total. The van der Waals surface area contributed by atoms with Gasteiger partial charge in [0.1, 0.15) is 0 Å². The molecule has 1 aliphatic rings. The van der Waals surface area contributed by atoms with Gasteiger partial charge >= 0.3 is 0 Å². The molecule has 3 rings (SSSR count). The highest BCUT2D eigenvalue weighted by Crippen LogP contribution is 2.23. The molecule has 6 heteroatoms. The fourth-order valence-electron chi connectivity index (χ4n) is 2.09. The van der Waals surface area contributed by atoms with Gasteiger partial charge in [-0.05, 0) is 19.2 Å². The lowest BCUT2D eigenvalue weighted by Crippen LogP contribution is -2.32. The van der Waals surface area contributed by atoms with E-state index in [4.69, 9.17) is 4.74 Å². The van der Waals surface area contributed by atoms with Crippen molar-refractivity contribution in [3.8, 4) is 0 Å². The van der Waals surface area contributed by atoms with Crippen molar-refractivity contribution in [1.29, 1.82) is 0 Å². The minimum atomic E-state index is 0.217. The van der Waals surface area contributed by atoms with Gasteiger partial charge in [-0.25, -0.2) is 0 Å². The van der Waals surface area contributed by atoms with Crippen LogP contribution in [0, 0.1) is 0 Å². The summed E-state index contributed by atoms with van der Waals surface area (Å²) in [5.41, 5.74) is 0.777. The normalized spacial score (nSPS) is 25.3. The lowest BCUT2D eigenvalue weighted by Gasteiger charge is -2.13. The Hall–Kier alpha value is -1.53. The average Bonchev–Trinajstić information content (AvgIpc) is 2.94. The highest BCUT2D eigenvalue weighted by Gasteiger charge is 2.32. The van der Waals surface area contributed by atoms with E-state index in [-0.39, 0.29) is 12.0 Å². The van der Waals surface area contributed by atoms with Crippen LogP contribution in [0.5, 0.6) is 0 Å². The molecule has 1 fully saturated rings. The van der Waals surface area contributed by atoms with Gasteiger partial charge < -0.3 is 10.1 Å². The zero-order valence-corrected chi connectivity index (χ0v) is 9.00. The Morgan fingerprint density at radius 3 is 3.25 bits per heavy atom. The molecule has 0 amide bonds. The van der Waals surface area contributed by atoms with Gasteiger partial charge in [0, 0.05) is 12.2 Å². The second-order valence-corrected chi connectivity index (χ2v) is 3.89. The Labute approximate surface area is 92.6 Å². The minimum Gasteiger partial charge on any atom is -0.379 e. The standard InChI is InChI=1S/C10H13N5O/c1-11-8-6-16-5-7(8)10-14-13-9-3-2-4-12-15(9)10/h2-4,7-8,11H,5-6H2,1H3. The first kappa shape index (κ1) is 9.68. The molecule has 16 heavy (non-hydrogen) atoms. The van der Waals surface area contributed by atoms with Crippen LogP contribution in [0.15, 0.2) is 18.3 Å². The predicted octanol–water partition coefficient (Wildman–Crippen LogP) is -0.174. The molecule has 0 bridgehead atoms. The molecular formula is C10H13N5O. The molecule has 0 aromatic carbocycles. The minimum absolute atomic E-state index is 0.217. The van der Waals surface area contributed by atoms with Crippen LogP contribution in [0.1, 0.15) is 11.7 Å². The monoisotopic (exact) mass is 219 g/mol. The first-order valence-electron chi connectivity index (χ1n) is 5.31. The van der Waals surface area contributed by atoms with Crippen LogP contribution in [0.4, 0.5) is 0 Å². The molecule has 2 aromatic rings. The lowest BCUT2D eigenvalue weighted by molar-refractivity contribution is 0.188. The Balaban J connectivity index is 2.05. The third kappa shape index (κ3) is 1.38. The van der Waals surface area contributed by atoms with Gasteiger partial charge in [0.25, 0.3) is 0 Å². The number of hydrogen-bond acceptors (Lipinski definition) is 5. The fourth-order valence-corrected chi connectivity index (χ4v) is 2.09.